The van der Waals surface area contributed by atoms with Crippen LogP contribution in [0, 0.1) is 11.8 Å². The van der Waals surface area contributed by atoms with Crippen LogP contribution >= 0.6 is 0 Å². The summed E-state index contributed by atoms with van der Waals surface area (Å²) in [6, 6.07) is 14.2. The third-order valence-corrected chi connectivity index (χ3v) is 5.22. The molecule has 6 heteroatoms. The van der Waals surface area contributed by atoms with Gasteiger partial charge in [-0.2, -0.15) is 0 Å². The van der Waals surface area contributed by atoms with Crippen molar-refractivity contribution in [1.29, 1.82) is 0 Å². The Balaban J connectivity index is 1.37. The van der Waals surface area contributed by atoms with Crippen LogP contribution in [0.5, 0.6) is 0 Å². The minimum absolute atomic E-state index is 0.0119. The Kier molecular flexibility index (Phi) is 4.56. The van der Waals surface area contributed by atoms with Gasteiger partial charge in [-0.05, 0) is 12.1 Å². The Bertz CT molecular complexity index is 763. The molecule has 2 aliphatic rings. The normalized spacial score (nSPS) is 21.5. The number of hydrogen-bond acceptors (Lipinski definition) is 4. The van der Waals surface area contributed by atoms with Gasteiger partial charge in [-0.3, -0.25) is 0 Å². The molecule has 0 saturated carbocycles. The molecular weight excluding hydrogens is 326 g/mol. The van der Waals surface area contributed by atoms with Crippen molar-refractivity contribution in [3.63, 3.8) is 0 Å². The number of benzene rings is 1. The van der Waals surface area contributed by atoms with Gasteiger partial charge in [0.05, 0.1) is 5.69 Å². The maximum atomic E-state index is 12.1. The number of nitrogens with zero attached hydrogens (tertiary/aromatic N) is 4. The highest BCUT2D eigenvalue weighted by Gasteiger charge is 2.42. The Labute approximate surface area is 153 Å². The van der Waals surface area contributed by atoms with Crippen molar-refractivity contribution < 1.29 is 4.79 Å². The second-order valence-corrected chi connectivity index (χ2v) is 6.95. The zero-order chi connectivity index (χ0) is 17.9. The van der Waals surface area contributed by atoms with Crippen molar-refractivity contribution in [2.75, 3.05) is 37.6 Å². The lowest BCUT2D eigenvalue weighted by Gasteiger charge is -2.22. The van der Waals surface area contributed by atoms with Crippen molar-refractivity contribution in [2.45, 2.75) is 0 Å². The third-order valence-electron chi connectivity index (χ3n) is 5.22. The van der Waals surface area contributed by atoms with Crippen molar-refractivity contribution in [1.82, 2.24) is 20.4 Å². The molecule has 1 aromatic carbocycles. The first-order valence-corrected chi connectivity index (χ1v) is 9.02. The summed E-state index contributed by atoms with van der Waals surface area (Å²) in [6.07, 6.45) is 1.70. The highest BCUT2D eigenvalue weighted by molar-refractivity contribution is 5.74. The quantitative estimate of drug-likeness (QED) is 0.861. The van der Waals surface area contributed by atoms with Crippen LogP contribution in [-0.2, 0) is 0 Å². The zero-order valence-electron chi connectivity index (χ0n) is 14.7. The monoisotopic (exact) mass is 349 g/mol. The number of hydrogen-bond donors (Lipinski definition) is 1. The van der Waals surface area contributed by atoms with E-state index in [1.54, 1.807) is 6.08 Å². The van der Waals surface area contributed by atoms with Gasteiger partial charge in [0, 0.05) is 50.1 Å². The number of likely N-dealkylation sites (tertiary alicyclic amines) is 1. The van der Waals surface area contributed by atoms with Crippen LogP contribution in [0.1, 0.15) is 0 Å². The molecule has 2 atom stereocenters. The fourth-order valence-corrected chi connectivity index (χ4v) is 3.87. The number of rotatable bonds is 4. The average Bonchev–Trinajstić information content (AvgIpc) is 3.26. The van der Waals surface area contributed by atoms with E-state index in [0.717, 1.165) is 43.3 Å². The van der Waals surface area contributed by atoms with Crippen molar-refractivity contribution in [3.8, 4) is 11.3 Å². The van der Waals surface area contributed by atoms with E-state index in [-0.39, 0.29) is 6.03 Å². The summed E-state index contributed by atoms with van der Waals surface area (Å²) >= 11 is 0. The Morgan fingerprint density at radius 1 is 1.08 bits per heavy atom. The number of carbonyl (C=O) groups is 1. The summed E-state index contributed by atoms with van der Waals surface area (Å²) in [7, 11) is 0. The molecule has 1 N–H and O–H groups in total. The molecule has 2 aromatic rings. The van der Waals surface area contributed by atoms with Gasteiger partial charge in [0.2, 0.25) is 0 Å². The lowest BCUT2D eigenvalue weighted by molar-refractivity contribution is 0.207. The minimum atomic E-state index is 0.0119. The predicted molar refractivity (Wildman–Crippen MR) is 102 cm³/mol. The first kappa shape index (κ1) is 16.6. The molecule has 0 radical (unpaired) electrons. The topological polar surface area (TPSA) is 61.4 Å². The second kappa shape index (κ2) is 7.15. The number of carbonyl (C=O) groups excluding carboxylic acids is 1. The summed E-state index contributed by atoms with van der Waals surface area (Å²) < 4.78 is 0. The molecule has 2 aliphatic heterocycles. The van der Waals surface area contributed by atoms with Crippen LogP contribution in [0.2, 0.25) is 0 Å². The Morgan fingerprint density at radius 3 is 2.42 bits per heavy atom. The van der Waals surface area contributed by atoms with E-state index in [9.17, 15) is 4.79 Å². The molecule has 2 unspecified atom stereocenters. The van der Waals surface area contributed by atoms with E-state index in [4.69, 9.17) is 0 Å². The minimum Gasteiger partial charge on any atom is -0.354 e. The highest BCUT2D eigenvalue weighted by Crippen LogP contribution is 2.33. The average molecular weight is 349 g/mol. The number of anilines is 1. The molecule has 0 spiro atoms. The molecule has 0 bridgehead atoms. The van der Waals surface area contributed by atoms with Gasteiger partial charge in [0.25, 0.3) is 0 Å². The van der Waals surface area contributed by atoms with Gasteiger partial charge in [0.1, 0.15) is 0 Å². The summed E-state index contributed by atoms with van der Waals surface area (Å²) in [6.45, 7) is 7.61. The van der Waals surface area contributed by atoms with Crippen LogP contribution in [-0.4, -0.2) is 53.9 Å². The molecule has 1 aromatic heterocycles. The molecule has 2 saturated heterocycles. The number of fused-ring (bicyclic) bond motifs is 1. The summed E-state index contributed by atoms with van der Waals surface area (Å²) in [5.74, 6) is 1.92. The molecule has 2 fully saturated rings. The first-order chi connectivity index (χ1) is 12.7. The standard InChI is InChI=1S/C20H23N5O/c1-2-10-21-20(26)25-13-16-11-24(12-17(16)14-25)19-9-8-18(22-23-19)15-6-4-3-5-7-15/h2-9,16-17H,1,10-14H2,(H,21,26). The lowest BCUT2D eigenvalue weighted by Crippen LogP contribution is -2.40. The molecule has 2 amide bonds. The largest absolute Gasteiger partial charge is 0.354 e. The number of aromatic nitrogens is 2. The zero-order valence-corrected chi connectivity index (χ0v) is 14.7. The SMILES string of the molecule is C=CCNC(=O)N1CC2CN(c3ccc(-c4ccccc4)nn3)CC2C1. The van der Waals surface area contributed by atoms with Crippen LogP contribution < -0.4 is 10.2 Å². The number of amides is 2. The summed E-state index contributed by atoms with van der Waals surface area (Å²) in [5, 5.41) is 11.7. The van der Waals surface area contributed by atoms with Gasteiger partial charge in [-0.15, -0.1) is 16.8 Å². The summed E-state index contributed by atoms with van der Waals surface area (Å²) in [5.41, 5.74) is 1.96. The predicted octanol–water partition coefficient (Wildman–Crippen LogP) is 2.41. The van der Waals surface area contributed by atoms with E-state index in [1.807, 2.05) is 47.4 Å². The van der Waals surface area contributed by atoms with Crippen molar-refractivity contribution in [2.24, 2.45) is 11.8 Å². The maximum absolute atomic E-state index is 12.1. The maximum Gasteiger partial charge on any atom is 0.317 e. The van der Waals surface area contributed by atoms with Gasteiger partial charge in [-0.25, -0.2) is 4.79 Å². The van der Waals surface area contributed by atoms with Crippen molar-refractivity contribution >= 4 is 11.8 Å². The summed E-state index contributed by atoms with van der Waals surface area (Å²) in [4.78, 5) is 16.3. The van der Waals surface area contributed by atoms with Gasteiger partial charge in [0.15, 0.2) is 5.82 Å². The van der Waals surface area contributed by atoms with Gasteiger partial charge < -0.3 is 15.1 Å². The van der Waals surface area contributed by atoms with E-state index in [2.05, 4.69) is 27.0 Å². The molecule has 26 heavy (non-hydrogen) atoms. The van der Waals surface area contributed by atoms with Gasteiger partial charge in [-0.1, -0.05) is 36.4 Å². The smallest absolute Gasteiger partial charge is 0.317 e. The van der Waals surface area contributed by atoms with E-state index < -0.39 is 0 Å². The van der Waals surface area contributed by atoms with E-state index in [1.165, 1.54) is 0 Å². The molecule has 6 nitrogen and oxygen atoms in total. The number of urea groups is 1. The fraction of sp³-hybridized carbons (Fsp3) is 0.350. The van der Waals surface area contributed by atoms with E-state index >= 15 is 0 Å². The fourth-order valence-electron chi connectivity index (χ4n) is 3.87. The Hall–Kier alpha value is -2.89. The molecular formula is C20H23N5O. The van der Waals surface area contributed by atoms with Gasteiger partial charge >= 0.3 is 6.03 Å². The number of nitrogens with one attached hydrogen (secondary N) is 1. The molecule has 0 aliphatic carbocycles. The van der Waals surface area contributed by atoms with Crippen molar-refractivity contribution in [3.05, 3.63) is 55.1 Å². The van der Waals surface area contributed by atoms with E-state index in [0.29, 0.717) is 18.4 Å². The molecule has 134 valence electrons. The van der Waals surface area contributed by atoms with Crippen LogP contribution in [0.15, 0.2) is 55.1 Å². The molecule has 3 heterocycles. The third kappa shape index (κ3) is 3.27. The lowest BCUT2D eigenvalue weighted by atomic mass is 10.0. The second-order valence-electron chi connectivity index (χ2n) is 6.95. The molecule has 4 rings (SSSR count). The van der Waals surface area contributed by atoms with Crippen LogP contribution in [0.25, 0.3) is 11.3 Å². The first-order valence-electron chi connectivity index (χ1n) is 9.02. The van der Waals surface area contributed by atoms with Crippen LogP contribution in [0.3, 0.4) is 0 Å². The Morgan fingerprint density at radius 2 is 1.81 bits per heavy atom. The highest BCUT2D eigenvalue weighted by atomic mass is 16.2. The van der Waals surface area contributed by atoms with Crippen LogP contribution in [0.4, 0.5) is 10.6 Å².